The van der Waals surface area contributed by atoms with Crippen molar-refractivity contribution in [2.24, 2.45) is 17.3 Å². The number of allylic oxidation sites excluding steroid dienone is 2. The highest BCUT2D eigenvalue weighted by molar-refractivity contribution is 6.03. The molecule has 1 heterocycles. The number of hydrogen-bond donors (Lipinski definition) is 0. The van der Waals surface area contributed by atoms with E-state index in [1.807, 2.05) is 41.5 Å². The maximum absolute atomic E-state index is 12.8. The van der Waals surface area contributed by atoms with E-state index in [9.17, 15) is 9.59 Å². The first-order chi connectivity index (χ1) is 9.01. The SMILES string of the molecule is CC(C)C1=C(C(C)C)N(C(C)C)C(=O)C(C)(C)C(=O)O1. The van der Waals surface area contributed by atoms with Crippen molar-refractivity contribution in [3.05, 3.63) is 11.5 Å². The summed E-state index contributed by atoms with van der Waals surface area (Å²) in [7, 11) is 0. The van der Waals surface area contributed by atoms with Crippen molar-refractivity contribution >= 4 is 11.9 Å². The average molecular weight is 281 g/mol. The Kier molecular flexibility index (Phi) is 4.67. The Morgan fingerprint density at radius 3 is 1.80 bits per heavy atom. The summed E-state index contributed by atoms with van der Waals surface area (Å²) in [6.07, 6.45) is 0. The minimum atomic E-state index is -1.15. The van der Waals surface area contributed by atoms with Gasteiger partial charge in [-0.25, -0.2) is 0 Å². The molecule has 0 saturated carbocycles. The number of amides is 1. The number of ether oxygens (including phenoxy) is 1. The topological polar surface area (TPSA) is 46.6 Å². The highest BCUT2D eigenvalue weighted by atomic mass is 16.5. The van der Waals surface area contributed by atoms with Crippen LogP contribution in [0.15, 0.2) is 11.5 Å². The molecule has 0 unspecified atom stereocenters. The average Bonchev–Trinajstić information content (AvgIpc) is 2.37. The third kappa shape index (κ3) is 2.74. The van der Waals surface area contributed by atoms with Crippen molar-refractivity contribution in [2.75, 3.05) is 0 Å². The van der Waals surface area contributed by atoms with Crippen LogP contribution in [0.2, 0.25) is 0 Å². The van der Waals surface area contributed by atoms with Crippen molar-refractivity contribution in [1.29, 1.82) is 0 Å². The first-order valence-electron chi connectivity index (χ1n) is 7.31. The number of cyclic esters (lactones) is 1. The zero-order valence-electron chi connectivity index (χ0n) is 13.9. The Bertz CT molecular complexity index is 445. The molecular formula is C16H27NO3. The lowest BCUT2D eigenvalue weighted by molar-refractivity contribution is -0.157. The van der Waals surface area contributed by atoms with Gasteiger partial charge in [0, 0.05) is 12.0 Å². The van der Waals surface area contributed by atoms with Crippen LogP contribution < -0.4 is 0 Å². The smallest absolute Gasteiger partial charge is 0.326 e. The second kappa shape index (κ2) is 5.58. The summed E-state index contributed by atoms with van der Waals surface area (Å²) in [5.74, 6) is 0.140. The van der Waals surface area contributed by atoms with Crippen LogP contribution in [0.4, 0.5) is 0 Å². The van der Waals surface area contributed by atoms with Gasteiger partial charge in [0.25, 0.3) is 0 Å². The Morgan fingerprint density at radius 1 is 0.950 bits per heavy atom. The highest BCUT2D eigenvalue weighted by Crippen LogP contribution is 2.36. The van der Waals surface area contributed by atoms with Gasteiger partial charge in [-0.2, -0.15) is 0 Å². The van der Waals surface area contributed by atoms with Gasteiger partial charge < -0.3 is 9.64 Å². The van der Waals surface area contributed by atoms with E-state index in [-0.39, 0.29) is 23.8 Å². The molecule has 1 aliphatic heterocycles. The molecule has 20 heavy (non-hydrogen) atoms. The second-order valence-electron chi connectivity index (χ2n) is 6.84. The fourth-order valence-electron chi connectivity index (χ4n) is 2.39. The van der Waals surface area contributed by atoms with Gasteiger partial charge in [0.1, 0.15) is 11.2 Å². The summed E-state index contributed by atoms with van der Waals surface area (Å²) in [5, 5.41) is 0. The molecule has 0 spiro atoms. The fraction of sp³-hybridized carbons (Fsp3) is 0.750. The highest BCUT2D eigenvalue weighted by Gasteiger charge is 2.47. The largest absolute Gasteiger partial charge is 0.428 e. The molecule has 0 N–H and O–H groups in total. The third-order valence-corrected chi connectivity index (χ3v) is 3.57. The Labute approximate surface area is 122 Å². The molecule has 0 aromatic carbocycles. The number of carbonyl (C=O) groups excluding carboxylic acids is 2. The molecule has 4 nitrogen and oxygen atoms in total. The molecule has 1 amide bonds. The van der Waals surface area contributed by atoms with Crippen LogP contribution in [-0.2, 0) is 14.3 Å². The number of carbonyl (C=O) groups is 2. The molecule has 0 aromatic rings. The van der Waals surface area contributed by atoms with E-state index in [0.717, 1.165) is 5.70 Å². The predicted octanol–water partition coefficient (Wildman–Crippen LogP) is 3.33. The van der Waals surface area contributed by atoms with Gasteiger partial charge in [0.05, 0.1) is 5.70 Å². The molecule has 1 rings (SSSR count). The monoisotopic (exact) mass is 281 g/mol. The lowest BCUT2D eigenvalue weighted by Crippen LogP contribution is -2.46. The van der Waals surface area contributed by atoms with Crippen LogP contribution in [0.1, 0.15) is 55.4 Å². The van der Waals surface area contributed by atoms with Crippen molar-refractivity contribution in [1.82, 2.24) is 4.90 Å². The van der Waals surface area contributed by atoms with Gasteiger partial charge in [-0.1, -0.05) is 27.7 Å². The van der Waals surface area contributed by atoms with Gasteiger partial charge in [0.15, 0.2) is 0 Å². The number of rotatable bonds is 3. The van der Waals surface area contributed by atoms with Gasteiger partial charge >= 0.3 is 5.97 Å². The lowest BCUT2D eigenvalue weighted by Gasteiger charge is -2.34. The molecule has 0 bridgehead atoms. The number of esters is 1. The summed E-state index contributed by atoms with van der Waals surface area (Å²) >= 11 is 0. The molecule has 0 saturated heterocycles. The Morgan fingerprint density at radius 2 is 1.45 bits per heavy atom. The van der Waals surface area contributed by atoms with Crippen molar-refractivity contribution < 1.29 is 14.3 Å². The van der Waals surface area contributed by atoms with Crippen LogP contribution in [0.5, 0.6) is 0 Å². The molecule has 114 valence electrons. The lowest BCUT2D eigenvalue weighted by atomic mass is 9.90. The molecular weight excluding hydrogens is 254 g/mol. The van der Waals surface area contributed by atoms with Gasteiger partial charge in [-0.15, -0.1) is 0 Å². The van der Waals surface area contributed by atoms with Crippen molar-refractivity contribution in [3.63, 3.8) is 0 Å². The Balaban J connectivity index is 3.57. The molecule has 0 aromatic heterocycles. The van der Waals surface area contributed by atoms with Crippen LogP contribution in [0, 0.1) is 17.3 Å². The van der Waals surface area contributed by atoms with Crippen molar-refractivity contribution in [3.8, 4) is 0 Å². The van der Waals surface area contributed by atoms with Crippen LogP contribution in [0.3, 0.4) is 0 Å². The molecule has 0 atom stereocenters. The van der Waals surface area contributed by atoms with E-state index >= 15 is 0 Å². The van der Waals surface area contributed by atoms with Crippen LogP contribution in [-0.4, -0.2) is 22.8 Å². The number of nitrogens with zero attached hydrogens (tertiary/aromatic N) is 1. The molecule has 0 radical (unpaired) electrons. The summed E-state index contributed by atoms with van der Waals surface area (Å²) in [6, 6.07) is -0.0116. The first kappa shape index (κ1) is 16.7. The normalized spacial score (nSPS) is 20.1. The molecule has 0 aliphatic carbocycles. The van der Waals surface area contributed by atoms with E-state index in [2.05, 4.69) is 0 Å². The summed E-state index contributed by atoms with van der Waals surface area (Å²) in [4.78, 5) is 26.8. The minimum Gasteiger partial charge on any atom is -0.428 e. The van der Waals surface area contributed by atoms with E-state index in [0.29, 0.717) is 5.76 Å². The van der Waals surface area contributed by atoms with E-state index < -0.39 is 11.4 Å². The maximum atomic E-state index is 12.8. The first-order valence-corrected chi connectivity index (χ1v) is 7.31. The summed E-state index contributed by atoms with van der Waals surface area (Å²) < 4.78 is 5.59. The minimum absolute atomic E-state index is 0.0116. The molecule has 4 heteroatoms. The van der Waals surface area contributed by atoms with Gasteiger partial charge in [-0.05, 0) is 33.6 Å². The van der Waals surface area contributed by atoms with Crippen LogP contribution in [0.25, 0.3) is 0 Å². The van der Waals surface area contributed by atoms with E-state index in [1.165, 1.54) is 0 Å². The zero-order chi connectivity index (χ0) is 15.8. The Hall–Kier alpha value is -1.32. The maximum Gasteiger partial charge on any atom is 0.326 e. The van der Waals surface area contributed by atoms with E-state index in [1.54, 1.807) is 18.7 Å². The quantitative estimate of drug-likeness (QED) is 0.589. The fourth-order valence-corrected chi connectivity index (χ4v) is 2.39. The predicted molar refractivity (Wildman–Crippen MR) is 78.6 cm³/mol. The third-order valence-electron chi connectivity index (χ3n) is 3.57. The standard InChI is InChI=1S/C16H27NO3/c1-9(2)12-13(10(3)4)20-15(19)16(7,8)14(18)17(12)11(5)6/h9-11H,1-8H3. The molecule has 0 fully saturated rings. The van der Waals surface area contributed by atoms with Crippen LogP contribution >= 0.6 is 0 Å². The van der Waals surface area contributed by atoms with Gasteiger partial charge in [-0.3, -0.25) is 9.59 Å². The van der Waals surface area contributed by atoms with E-state index in [4.69, 9.17) is 4.74 Å². The van der Waals surface area contributed by atoms with Crippen molar-refractivity contribution in [2.45, 2.75) is 61.4 Å². The van der Waals surface area contributed by atoms with Gasteiger partial charge in [0.2, 0.25) is 5.91 Å². The number of hydrogen-bond acceptors (Lipinski definition) is 3. The second-order valence-corrected chi connectivity index (χ2v) is 6.84. The summed E-state index contributed by atoms with van der Waals surface area (Å²) in [5.41, 5.74) is -0.319. The molecule has 1 aliphatic rings. The zero-order valence-corrected chi connectivity index (χ0v) is 13.9. The summed E-state index contributed by atoms with van der Waals surface area (Å²) in [6.45, 7) is 15.2.